The highest BCUT2D eigenvalue weighted by Crippen LogP contribution is 2.33. The Hall–Kier alpha value is -5.76. The quantitative estimate of drug-likeness (QED) is 0.258. The number of nitrogens with zero attached hydrogens (tertiary/aromatic N) is 4. The van der Waals surface area contributed by atoms with E-state index in [-0.39, 0.29) is 28.7 Å². The molecule has 0 spiro atoms. The normalized spacial score (nSPS) is 10.9. The number of amides is 2. The smallest absolute Gasteiger partial charge is 0.322 e. The fourth-order valence-electron chi connectivity index (χ4n) is 3.88. The third-order valence-electron chi connectivity index (χ3n) is 6.06. The SMILES string of the molecule is Cc1ccc(C(=O)Nc2cc(-n3ccnc3)cc(C(F)(F)F)c2)cc1C#Cc1cnc(NC(=O)c2ccccc2)cn1. The molecule has 0 aliphatic rings. The van der Waals surface area contributed by atoms with Crippen LogP contribution in [0.3, 0.4) is 0 Å². The van der Waals surface area contributed by atoms with Gasteiger partial charge in [-0.1, -0.05) is 30.2 Å². The van der Waals surface area contributed by atoms with E-state index in [1.807, 2.05) is 13.0 Å². The molecule has 0 fully saturated rings. The second kappa shape index (κ2) is 11.8. The zero-order valence-corrected chi connectivity index (χ0v) is 22.0. The van der Waals surface area contributed by atoms with Crippen molar-refractivity contribution < 1.29 is 22.8 Å². The largest absolute Gasteiger partial charge is 0.416 e. The summed E-state index contributed by atoms with van der Waals surface area (Å²) in [7, 11) is 0. The van der Waals surface area contributed by atoms with Gasteiger partial charge in [-0.05, 0) is 60.9 Å². The van der Waals surface area contributed by atoms with Crippen molar-refractivity contribution in [3.8, 4) is 17.5 Å². The molecule has 2 heterocycles. The van der Waals surface area contributed by atoms with Crippen molar-refractivity contribution >= 4 is 23.3 Å². The highest BCUT2D eigenvalue weighted by molar-refractivity contribution is 6.05. The van der Waals surface area contributed by atoms with Crippen molar-refractivity contribution in [1.29, 1.82) is 0 Å². The predicted molar refractivity (Wildman–Crippen MR) is 150 cm³/mol. The number of alkyl halides is 3. The molecule has 0 atom stereocenters. The number of nitrogens with one attached hydrogen (secondary N) is 2. The fraction of sp³-hybridized carbons (Fsp3) is 0.0645. The Bertz CT molecular complexity index is 1810. The van der Waals surface area contributed by atoms with Crippen LogP contribution in [0.15, 0.2) is 97.8 Å². The van der Waals surface area contributed by atoms with Gasteiger partial charge in [0.25, 0.3) is 11.8 Å². The molecule has 11 heteroatoms. The second-order valence-corrected chi connectivity index (χ2v) is 9.08. The number of carbonyl (C=O) groups is 2. The first kappa shape index (κ1) is 27.8. The number of rotatable bonds is 5. The minimum absolute atomic E-state index is 0.0264. The van der Waals surface area contributed by atoms with Crippen LogP contribution >= 0.6 is 0 Å². The van der Waals surface area contributed by atoms with Crippen LogP contribution in [0.25, 0.3) is 5.69 Å². The lowest BCUT2D eigenvalue weighted by Crippen LogP contribution is -2.14. The predicted octanol–water partition coefficient (Wildman–Crippen LogP) is 5.89. The van der Waals surface area contributed by atoms with E-state index in [0.29, 0.717) is 16.8 Å². The Balaban J connectivity index is 1.32. The summed E-state index contributed by atoms with van der Waals surface area (Å²) in [6, 6.07) is 16.7. The van der Waals surface area contributed by atoms with Gasteiger partial charge in [-0.3, -0.25) is 9.59 Å². The zero-order valence-electron chi connectivity index (χ0n) is 22.0. The lowest BCUT2D eigenvalue weighted by atomic mass is 10.0. The van der Waals surface area contributed by atoms with Crippen LogP contribution in [0.4, 0.5) is 24.7 Å². The van der Waals surface area contributed by atoms with Crippen LogP contribution in [0.5, 0.6) is 0 Å². The lowest BCUT2D eigenvalue weighted by Gasteiger charge is -2.14. The summed E-state index contributed by atoms with van der Waals surface area (Å²) in [4.78, 5) is 37.6. The maximum atomic E-state index is 13.5. The molecule has 8 nitrogen and oxygen atoms in total. The molecule has 42 heavy (non-hydrogen) atoms. The van der Waals surface area contributed by atoms with E-state index in [1.165, 1.54) is 41.7 Å². The van der Waals surface area contributed by atoms with Crippen LogP contribution in [0, 0.1) is 18.8 Å². The molecule has 5 rings (SSSR count). The average molecular weight is 567 g/mol. The van der Waals surface area contributed by atoms with E-state index in [1.54, 1.807) is 42.5 Å². The highest BCUT2D eigenvalue weighted by Gasteiger charge is 2.31. The van der Waals surface area contributed by atoms with Gasteiger partial charge in [0.05, 0.1) is 24.3 Å². The van der Waals surface area contributed by atoms with Crippen LogP contribution in [-0.2, 0) is 6.18 Å². The average Bonchev–Trinajstić information content (AvgIpc) is 3.53. The first-order valence-electron chi connectivity index (χ1n) is 12.5. The van der Waals surface area contributed by atoms with Crippen molar-refractivity contribution in [3.05, 3.63) is 131 Å². The molecule has 208 valence electrons. The molecule has 0 bridgehead atoms. The molecular weight excluding hydrogens is 545 g/mol. The van der Waals surface area contributed by atoms with E-state index in [9.17, 15) is 22.8 Å². The van der Waals surface area contributed by atoms with Crippen LogP contribution in [0.1, 0.15) is 43.1 Å². The van der Waals surface area contributed by atoms with Crippen molar-refractivity contribution in [2.75, 3.05) is 10.6 Å². The van der Waals surface area contributed by atoms with E-state index in [4.69, 9.17) is 0 Å². The summed E-state index contributed by atoms with van der Waals surface area (Å²) in [5, 5.41) is 5.21. The molecule has 2 amide bonds. The Morgan fingerprint density at radius 1 is 0.857 bits per heavy atom. The van der Waals surface area contributed by atoms with Crippen molar-refractivity contribution in [2.24, 2.45) is 0 Å². The topological polar surface area (TPSA) is 102 Å². The van der Waals surface area contributed by atoms with Gasteiger partial charge in [-0.25, -0.2) is 15.0 Å². The molecule has 0 aliphatic carbocycles. The van der Waals surface area contributed by atoms with Crippen LogP contribution in [-0.4, -0.2) is 31.3 Å². The molecule has 0 aliphatic heterocycles. The Morgan fingerprint density at radius 3 is 2.33 bits per heavy atom. The summed E-state index contributed by atoms with van der Waals surface area (Å²) >= 11 is 0. The molecule has 0 saturated carbocycles. The van der Waals surface area contributed by atoms with Crippen molar-refractivity contribution in [3.63, 3.8) is 0 Å². The molecule has 0 saturated heterocycles. The number of aromatic nitrogens is 4. The van der Waals surface area contributed by atoms with Gasteiger partial charge in [0.15, 0.2) is 5.82 Å². The maximum absolute atomic E-state index is 13.5. The summed E-state index contributed by atoms with van der Waals surface area (Å²) in [6.07, 6.45) is 2.49. The third kappa shape index (κ3) is 6.68. The molecule has 3 aromatic carbocycles. The van der Waals surface area contributed by atoms with Gasteiger partial charge in [-0.15, -0.1) is 0 Å². The zero-order chi connectivity index (χ0) is 29.7. The Labute approximate surface area is 238 Å². The highest BCUT2D eigenvalue weighted by atomic mass is 19.4. The fourth-order valence-corrected chi connectivity index (χ4v) is 3.88. The second-order valence-electron chi connectivity index (χ2n) is 9.08. The first-order valence-corrected chi connectivity index (χ1v) is 12.5. The van der Waals surface area contributed by atoms with Gasteiger partial charge in [0.2, 0.25) is 0 Å². The number of hydrogen-bond acceptors (Lipinski definition) is 5. The summed E-state index contributed by atoms with van der Waals surface area (Å²) in [5.74, 6) is 5.16. The standard InChI is InChI=1S/C31H21F3N6O2/c1-20-7-8-23(30(42)38-26-14-24(31(32,33)34)15-27(16-26)40-12-11-35-19-40)13-22(20)9-10-25-17-37-28(18-36-25)39-29(41)21-5-3-2-4-6-21/h2-8,11-19H,1H3,(H,38,42)(H,37,39,41). The summed E-state index contributed by atoms with van der Waals surface area (Å²) in [5.41, 5.74) is 1.57. The molecule has 2 N–H and O–H groups in total. The van der Waals surface area contributed by atoms with Gasteiger partial charge in [0.1, 0.15) is 5.69 Å². The molecular formula is C31H21F3N6O2. The van der Waals surface area contributed by atoms with Crippen molar-refractivity contribution in [1.82, 2.24) is 19.5 Å². The van der Waals surface area contributed by atoms with Gasteiger partial charge >= 0.3 is 6.18 Å². The number of carbonyl (C=O) groups excluding carboxylic acids is 2. The minimum atomic E-state index is -4.61. The maximum Gasteiger partial charge on any atom is 0.416 e. The van der Waals surface area contributed by atoms with E-state index in [2.05, 4.69) is 37.4 Å². The number of halogens is 3. The number of hydrogen-bond donors (Lipinski definition) is 2. The third-order valence-corrected chi connectivity index (χ3v) is 6.06. The van der Waals surface area contributed by atoms with Gasteiger partial charge in [-0.2, -0.15) is 13.2 Å². The van der Waals surface area contributed by atoms with Crippen LogP contribution < -0.4 is 10.6 Å². The number of benzene rings is 3. The molecule has 0 unspecified atom stereocenters. The van der Waals surface area contributed by atoms with E-state index in [0.717, 1.165) is 17.7 Å². The minimum Gasteiger partial charge on any atom is -0.322 e. The first-order chi connectivity index (χ1) is 20.2. The molecule has 2 aromatic heterocycles. The van der Waals surface area contributed by atoms with Crippen LogP contribution in [0.2, 0.25) is 0 Å². The Kier molecular flexibility index (Phi) is 7.79. The number of anilines is 2. The number of aryl methyl sites for hydroxylation is 1. The summed E-state index contributed by atoms with van der Waals surface area (Å²) in [6.45, 7) is 1.81. The monoisotopic (exact) mass is 566 g/mol. The summed E-state index contributed by atoms with van der Waals surface area (Å²) < 4.78 is 42.0. The van der Waals surface area contributed by atoms with E-state index >= 15 is 0 Å². The van der Waals surface area contributed by atoms with Crippen molar-refractivity contribution in [2.45, 2.75) is 13.1 Å². The van der Waals surface area contributed by atoms with Gasteiger partial charge in [0, 0.05) is 40.5 Å². The molecule has 5 aromatic rings. The van der Waals surface area contributed by atoms with E-state index < -0.39 is 17.6 Å². The Morgan fingerprint density at radius 2 is 1.64 bits per heavy atom. The van der Waals surface area contributed by atoms with Gasteiger partial charge < -0.3 is 15.2 Å². The lowest BCUT2D eigenvalue weighted by molar-refractivity contribution is -0.137. The molecule has 0 radical (unpaired) electrons. The number of imidazole rings is 1.